The van der Waals surface area contributed by atoms with Crippen LogP contribution in [0.15, 0.2) is 9.95 Å². The molecule has 1 aromatic rings. The number of hydrogen-bond acceptors (Lipinski definition) is 4. The van der Waals surface area contributed by atoms with Crippen LogP contribution in [0, 0.1) is 0 Å². The van der Waals surface area contributed by atoms with E-state index < -0.39 is 0 Å². The van der Waals surface area contributed by atoms with Crippen molar-refractivity contribution in [3.8, 4) is 0 Å². The summed E-state index contributed by atoms with van der Waals surface area (Å²) in [6, 6.07) is 0. The number of hydrogen-bond donors (Lipinski definition) is 2. The minimum absolute atomic E-state index is 0.110. The Balaban J connectivity index is 2.11. The van der Waals surface area contributed by atoms with Gasteiger partial charge in [0.15, 0.2) is 5.16 Å². The van der Waals surface area contributed by atoms with Crippen molar-refractivity contribution >= 4 is 11.8 Å². The first-order chi connectivity index (χ1) is 6.81. The van der Waals surface area contributed by atoms with Gasteiger partial charge in [-0.15, -0.1) is 5.10 Å². The lowest BCUT2D eigenvalue weighted by Crippen LogP contribution is -2.17. The second-order valence-electron chi connectivity index (χ2n) is 3.29. The zero-order chi connectivity index (χ0) is 9.97. The Morgan fingerprint density at radius 2 is 2.57 bits per heavy atom. The first kappa shape index (κ1) is 9.79. The molecule has 1 atom stereocenters. The Hall–Kier alpha value is -0.750. The number of rotatable bonds is 3. The van der Waals surface area contributed by atoms with Crippen molar-refractivity contribution < 1.29 is 0 Å². The summed E-state index contributed by atoms with van der Waals surface area (Å²) in [5.41, 5.74) is -0.110. The summed E-state index contributed by atoms with van der Waals surface area (Å²) < 4.78 is 1.67. The van der Waals surface area contributed by atoms with Crippen molar-refractivity contribution in [1.29, 1.82) is 0 Å². The molecule has 5 nitrogen and oxygen atoms in total. The normalized spacial score (nSPS) is 21.6. The Kier molecular flexibility index (Phi) is 2.93. The zero-order valence-electron chi connectivity index (χ0n) is 8.12. The summed E-state index contributed by atoms with van der Waals surface area (Å²) in [6.45, 7) is 4.71. The van der Waals surface area contributed by atoms with Crippen molar-refractivity contribution in [2.24, 2.45) is 0 Å². The van der Waals surface area contributed by atoms with Crippen molar-refractivity contribution in [3.05, 3.63) is 10.5 Å². The highest BCUT2D eigenvalue weighted by Gasteiger charge is 2.18. The fourth-order valence-electron chi connectivity index (χ4n) is 1.55. The Morgan fingerprint density at radius 3 is 3.21 bits per heavy atom. The van der Waals surface area contributed by atoms with Crippen molar-refractivity contribution in [2.45, 2.75) is 30.3 Å². The van der Waals surface area contributed by atoms with E-state index in [9.17, 15) is 4.79 Å². The second-order valence-corrected chi connectivity index (χ2v) is 4.56. The van der Waals surface area contributed by atoms with Gasteiger partial charge in [0.1, 0.15) is 0 Å². The maximum Gasteiger partial charge on any atom is 0.343 e. The lowest BCUT2D eigenvalue weighted by molar-refractivity contribution is 0.658. The van der Waals surface area contributed by atoms with Crippen LogP contribution in [0.3, 0.4) is 0 Å². The smallest absolute Gasteiger partial charge is 0.316 e. The molecule has 0 spiro atoms. The molecular formula is C8H14N4OS. The first-order valence-corrected chi connectivity index (χ1v) is 5.71. The van der Waals surface area contributed by atoms with Crippen LogP contribution in [0.4, 0.5) is 0 Å². The molecule has 0 amide bonds. The molecule has 0 saturated carbocycles. The molecule has 0 bridgehead atoms. The molecular weight excluding hydrogens is 200 g/mol. The maximum atomic E-state index is 11.3. The van der Waals surface area contributed by atoms with E-state index in [1.165, 1.54) is 0 Å². The molecule has 1 aromatic heterocycles. The van der Waals surface area contributed by atoms with Gasteiger partial charge in [-0.1, -0.05) is 11.8 Å². The lowest BCUT2D eigenvalue weighted by atomic mass is 10.4. The van der Waals surface area contributed by atoms with Gasteiger partial charge < -0.3 is 5.32 Å². The standard InChI is InChI=1S/C8H14N4OS/c1-2-12-7(13)10-11-8(12)14-6-3-4-9-5-6/h6,9H,2-5H2,1H3,(H,10,13). The first-order valence-electron chi connectivity index (χ1n) is 4.84. The van der Waals surface area contributed by atoms with E-state index in [-0.39, 0.29) is 5.69 Å². The van der Waals surface area contributed by atoms with E-state index in [4.69, 9.17) is 0 Å². The van der Waals surface area contributed by atoms with Crippen LogP contribution in [0.5, 0.6) is 0 Å². The van der Waals surface area contributed by atoms with Crippen molar-refractivity contribution in [1.82, 2.24) is 20.1 Å². The quantitative estimate of drug-likeness (QED) is 0.746. The van der Waals surface area contributed by atoms with Crippen LogP contribution < -0.4 is 11.0 Å². The maximum absolute atomic E-state index is 11.3. The van der Waals surface area contributed by atoms with E-state index in [0.29, 0.717) is 11.8 Å². The van der Waals surface area contributed by atoms with Gasteiger partial charge in [-0.2, -0.15) is 0 Å². The second kappa shape index (κ2) is 4.18. The number of thioether (sulfide) groups is 1. The summed E-state index contributed by atoms with van der Waals surface area (Å²) in [5.74, 6) is 0. The highest BCUT2D eigenvalue weighted by atomic mass is 32.2. The minimum Gasteiger partial charge on any atom is -0.316 e. The fraction of sp³-hybridized carbons (Fsp3) is 0.750. The van der Waals surface area contributed by atoms with Gasteiger partial charge in [0, 0.05) is 18.3 Å². The Bertz CT molecular complexity index is 352. The number of aromatic nitrogens is 3. The summed E-state index contributed by atoms with van der Waals surface area (Å²) in [7, 11) is 0. The summed E-state index contributed by atoms with van der Waals surface area (Å²) in [6.07, 6.45) is 1.15. The predicted molar refractivity (Wildman–Crippen MR) is 55.7 cm³/mol. The van der Waals surface area contributed by atoms with Gasteiger partial charge in [-0.05, 0) is 19.9 Å². The summed E-state index contributed by atoms with van der Waals surface area (Å²) >= 11 is 1.68. The van der Waals surface area contributed by atoms with Crippen LogP contribution in [-0.2, 0) is 6.54 Å². The number of aromatic amines is 1. The Morgan fingerprint density at radius 1 is 1.71 bits per heavy atom. The highest BCUT2D eigenvalue weighted by molar-refractivity contribution is 7.99. The van der Waals surface area contributed by atoms with Crippen LogP contribution >= 0.6 is 11.8 Å². The minimum atomic E-state index is -0.110. The number of nitrogens with one attached hydrogen (secondary N) is 2. The van der Waals surface area contributed by atoms with E-state index >= 15 is 0 Å². The van der Waals surface area contributed by atoms with Gasteiger partial charge in [-0.3, -0.25) is 4.57 Å². The fourth-order valence-corrected chi connectivity index (χ4v) is 2.72. The molecule has 6 heteroatoms. The number of H-pyrrole nitrogens is 1. The summed E-state index contributed by atoms with van der Waals surface area (Å²) in [5, 5.41) is 11.1. The molecule has 0 radical (unpaired) electrons. The van der Waals surface area contributed by atoms with E-state index in [2.05, 4.69) is 15.5 Å². The monoisotopic (exact) mass is 214 g/mol. The third-order valence-corrected chi connectivity index (χ3v) is 3.58. The van der Waals surface area contributed by atoms with Crippen LogP contribution in [0.2, 0.25) is 0 Å². The average Bonchev–Trinajstić information content (AvgIpc) is 2.77. The predicted octanol–water partition coefficient (Wildman–Crippen LogP) is 0.0453. The van der Waals surface area contributed by atoms with E-state index in [0.717, 1.165) is 24.7 Å². The molecule has 2 rings (SSSR count). The van der Waals surface area contributed by atoms with Gasteiger partial charge in [-0.25, -0.2) is 9.89 Å². The third kappa shape index (κ3) is 1.85. The SMILES string of the molecule is CCn1c(SC2CCNC2)n[nH]c1=O. The van der Waals surface area contributed by atoms with Crippen LogP contribution in [0.25, 0.3) is 0 Å². The van der Waals surface area contributed by atoms with Gasteiger partial charge >= 0.3 is 5.69 Å². The van der Waals surface area contributed by atoms with Crippen LogP contribution in [-0.4, -0.2) is 33.1 Å². The molecule has 14 heavy (non-hydrogen) atoms. The van der Waals surface area contributed by atoms with Crippen LogP contribution in [0.1, 0.15) is 13.3 Å². The molecule has 0 aliphatic carbocycles. The van der Waals surface area contributed by atoms with Crippen molar-refractivity contribution in [3.63, 3.8) is 0 Å². The molecule has 2 heterocycles. The number of nitrogens with zero attached hydrogens (tertiary/aromatic N) is 2. The molecule has 0 aromatic carbocycles. The Labute approximate surface area is 86.3 Å². The topological polar surface area (TPSA) is 62.7 Å². The molecule has 1 unspecified atom stereocenters. The third-order valence-electron chi connectivity index (χ3n) is 2.33. The van der Waals surface area contributed by atoms with E-state index in [1.807, 2.05) is 6.92 Å². The van der Waals surface area contributed by atoms with Crippen molar-refractivity contribution in [2.75, 3.05) is 13.1 Å². The molecule has 1 fully saturated rings. The molecule has 78 valence electrons. The zero-order valence-corrected chi connectivity index (χ0v) is 8.93. The molecule has 2 N–H and O–H groups in total. The van der Waals surface area contributed by atoms with Gasteiger partial charge in [0.25, 0.3) is 0 Å². The molecule has 1 aliphatic rings. The average molecular weight is 214 g/mol. The molecule has 1 saturated heterocycles. The highest BCUT2D eigenvalue weighted by Crippen LogP contribution is 2.23. The van der Waals surface area contributed by atoms with Gasteiger partial charge in [0.2, 0.25) is 0 Å². The van der Waals surface area contributed by atoms with Gasteiger partial charge in [0.05, 0.1) is 0 Å². The largest absolute Gasteiger partial charge is 0.343 e. The van der Waals surface area contributed by atoms with E-state index in [1.54, 1.807) is 16.3 Å². The summed E-state index contributed by atoms with van der Waals surface area (Å²) in [4.78, 5) is 11.3. The molecule has 1 aliphatic heterocycles. The lowest BCUT2D eigenvalue weighted by Gasteiger charge is -2.06.